The summed E-state index contributed by atoms with van der Waals surface area (Å²) in [6.45, 7) is 1.76. The van der Waals surface area contributed by atoms with Gasteiger partial charge in [-0.2, -0.15) is 0 Å². The van der Waals surface area contributed by atoms with E-state index in [0.29, 0.717) is 0 Å². The van der Waals surface area contributed by atoms with E-state index >= 15 is 0 Å². The Balaban J connectivity index is 2.01. The summed E-state index contributed by atoms with van der Waals surface area (Å²) in [7, 11) is 4.09. The summed E-state index contributed by atoms with van der Waals surface area (Å²) in [5, 5.41) is 7.10. The molecule has 0 aliphatic heterocycles. The highest BCUT2D eigenvalue weighted by molar-refractivity contribution is 7.14. The van der Waals surface area contributed by atoms with Crippen molar-refractivity contribution in [2.24, 2.45) is 0 Å². The highest BCUT2D eigenvalue weighted by Gasteiger charge is 2.15. The fourth-order valence-electron chi connectivity index (χ4n) is 2.16. The van der Waals surface area contributed by atoms with Gasteiger partial charge >= 0.3 is 0 Å². The van der Waals surface area contributed by atoms with Crippen LogP contribution < -0.4 is 5.32 Å². The van der Waals surface area contributed by atoms with Crippen molar-refractivity contribution < 1.29 is 0 Å². The number of rotatable bonds is 5. The summed E-state index contributed by atoms with van der Waals surface area (Å²) in [4.78, 5) is 15.0. The minimum Gasteiger partial charge on any atom is -0.368 e. The topological polar surface area (TPSA) is 56.8 Å². The number of nitrogens with zero attached hydrogens (tertiary/aromatic N) is 3. The molecule has 0 aromatic carbocycles. The molecule has 0 amide bonds. The summed E-state index contributed by atoms with van der Waals surface area (Å²) in [5.41, 5.74) is 1.86. The van der Waals surface area contributed by atoms with Crippen LogP contribution in [0.3, 0.4) is 0 Å². The molecule has 0 saturated carbocycles. The molecule has 0 fully saturated rings. The highest BCUT2D eigenvalue weighted by Crippen LogP contribution is 2.39. The van der Waals surface area contributed by atoms with Gasteiger partial charge in [-0.3, -0.25) is 0 Å². The number of fused-ring (bicyclic) bond motifs is 1. The molecule has 0 radical (unpaired) electrons. The average molecular weight is 322 g/mol. The Kier molecular flexibility index (Phi) is 4.10. The van der Waals surface area contributed by atoms with Crippen molar-refractivity contribution in [1.29, 1.82) is 0 Å². The van der Waals surface area contributed by atoms with E-state index < -0.39 is 0 Å². The Morgan fingerprint density at radius 1 is 1.38 bits per heavy atom. The number of likely N-dealkylation sites (N-methyl/N-ethyl adjacent to an activating group) is 1. The van der Waals surface area contributed by atoms with Crippen LogP contribution in [0.4, 0.5) is 5.82 Å². The quantitative estimate of drug-likeness (QED) is 0.757. The maximum Gasteiger partial charge on any atom is 0.143 e. The second-order valence-corrected chi connectivity index (χ2v) is 6.30. The van der Waals surface area contributed by atoms with Gasteiger partial charge in [0.05, 0.1) is 15.3 Å². The Bertz CT molecular complexity index is 749. The summed E-state index contributed by atoms with van der Waals surface area (Å²) in [5.74, 6) is 0.836. The molecule has 3 heterocycles. The zero-order valence-corrected chi connectivity index (χ0v) is 13.4. The third-order valence-electron chi connectivity index (χ3n) is 3.18. The first-order chi connectivity index (χ1) is 10.2. The van der Waals surface area contributed by atoms with E-state index in [1.807, 2.05) is 31.7 Å². The molecule has 7 heteroatoms. The first-order valence-corrected chi connectivity index (χ1v) is 7.86. The van der Waals surface area contributed by atoms with Gasteiger partial charge in [-0.1, -0.05) is 11.6 Å². The maximum absolute atomic E-state index is 6.26. The third-order valence-corrected chi connectivity index (χ3v) is 4.56. The van der Waals surface area contributed by atoms with E-state index in [9.17, 15) is 0 Å². The lowest BCUT2D eigenvalue weighted by Gasteiger charge is -2.11. The Morgan fingerprint density at radius 2 is 2.24 bits per heavy atom. The molecular formula is C14H16ClN5S. The molecule has 3 aromatic rings. The summed E-state index contributed by atoms with van der Waals surface area (Å²) in [6, 6.07) is 1.91. The van der Waals surface area contributed by atoms with Crippen LogP contribution in [0.1, 0.15) is 0 Å². The number of hydrogen-bond acceptors (Lipinski definition) is 5. The van der Waals surface area contributed by atoms with Crippen molar-refractivity contribution in [2.75, 3.05) is 32.5 Å². The van der Waals surface area contributed by atoms with Crippen LogP contribution in [0.25, 0.3) is 21.5 Å². The van der Waals surface area contributed by atoms with E-state index in [1.54, 1.807) is 17.7 Å². The Labute approximate surface area is 132 Å². The number of thiophene rings is 1. The maximum atomic E-state index is 6.26. The summed E-state index contributed by atoms with van der Waals surface area (Å²) >= 11 is 7.87. The van der Waals surface area contributed by atoms with Gasteiger partial charge in [-0.25, -0.2) is 9.97 Å². The van der Waals surface area contributed by atoms with Gasteiger partial charge < -0.3 is 15.2 Å². The number of nitrogens with one attached hydrogen (secondary N) is 2. The van der Waals surface area contributed by atoms with Crippen molar-refractivity contribution in [2.45, 2.75) is 0 Å². The lowest BCUT2D eigenvalue weighted by Crippen LogP contribution is -2.21. The minimum atomic E-state index is 0.754. The number of H-pyrrole nitrogens is 1. The van der Waals surface area contributed by atoms with Gasteiger partial charge in [-0.05, 0) is 25.5 Å². The fourth-order valence-corrected chi connectivity index (χ4v) is 3.34. The van der Waals surface area contributed by atoms with Crippen molar-refractivity contribution in [1.82, 2.24) is 19.9 Å². The second kappa shape index (κ2) is 6.01. The van der Waals surface area contributed by atoms with E-state index in [0.717, 1.165) is 45.4 Å². The van der Waals surface area contributed by atoms with Gasteiger partial charge in [-0.15, -0.1) is 11.3 Å². The number of hydrogen-bond donors (Lipinski definition) is 2. The molecule has 0 spiro atoms. The van der Waals surface area contributed by atoms with E-state index in [2.05, 4.69) is 25.2 Å². The molecule has 0 atom stereocenters. The molecule has 0 bridgehead atoms. The number of halogens is 1. The minimum absolute atomic E-state index is 0.754. The van der Waals surface area contributed by atoms with Crippen LogP contribution in [0.2, 0.25) is 5.02 Å². The van der Waals surface area contributed by atoms with Gasteiger partial charge in [0.25, 0.3) is 0 Å². The van der Waals surface area contributed by atoms with Crippen molar-refractivity contribution in [3.63, 3.8) is 0 Å². The molecular weight excluding hydrogens is 306 g/mol. The van der Waals surface area contributed by atoms with Crippen LogP contribution in [-0.4, -0.2) is 47.0 Å². The van der Waals surface area contributed by atoms with E-state index in [-0.39, 0.29) is 0 Å². The monoisotopic (exact) mass is 321 g/mol. The van der Waals surface area contributed by atoms with Crippen LogP contribution in [0.5, 0.6) is 0 Å². The van der Waals surface area contributed by atoms with Crippen molar-refractivity contribution in [3.05, 3.63) is 29.0 Å². The van der Waals surface area contributed by atoms with E-state index in [1.165, 1.54) is 0 Å². The highest BCUT2D eigenvalue weighted by atomic mass is 35.5. The van der Waals surface area contributed by atoms with Gasteiger partial charge in [0.1, 0.15) is 17.8 Å². The largest absolute Gasteiger partial charge is 0.368 e. The molecule has 21 heavy (non-hydrogen) atoms. The molecule has 110 valence electrons. The molecule has 5 nitrogen and oxygen atoms in total. The standard InChI is InChI=1S/C14H16ClN5S/c1-20(2)5-4-16-13-11-9(12-10(15)3-6-21-12)7-17-14(11)19-8-18-13/h3,6-8H,4-5H2,1-2H3,(H2,16,17,18,19). The van der Waals surface area contributed by atoms with Gasteiger partial charge in [0.15, 0.2) is 0 Å². The van der Waals surface area contributed by atoms with E-state index in [4.69, 9.17) is 11.6 Å². The second-order valence-electron chi connectivity index (χ2n) is 4.98. The van der Waals surface area contributed by atoms with Crippen molar-refractivity contribution in [3.8, 4) is 10.4 Å². The fraction of sp³-hybridized carbons (Fsp3) is 0.286. The summed E-state index contributed by atoms with van der Waals surface area (Å²) < 4.78 is 0. The van der Waals surface area contributed by atoms with Gasteiger partial charge in [0.2, 0.25) is 0 Å². The summed E-state index contributed by atoms with van der Waals surface area (Å²) in [6.07, 6.45) is 3.50. The molecule has 3 rings (SSSR count). The first-order valence-electron chi connectivity index (χ1n) is 6.61. The van der Waals surface area contributed by atoms with Crippen LogP contribution in [0, 0.1) is 0 Å². The smallest absolute Gasteiger partial charge is 0.143 e. The number of aromatic amines is 1. The SMILES string of the molecule is CN(C)CCNc1ncnc2[nH]cc(-c3sccc3Cl)c12. The lowest BCUT2D eigenvalue weighted by molar-refractivity contribution is 0.425. The molecule has 3 aromatic heterocycles. The molecule has 0 saturated heterocycles. The van der Waals surface area contributed by atoms with Crippen LogP contribution in [0.15, 0.2) is 24.0 Å². The zero-order chi connectivity index (χ0) is 14.8. The van der Waals surface area contributed by atoms with Crippen LogP contribution >= 0.6 is 22.9 Å². The predicted molar refractivity (Wildman–Crippen MR) is 89.3 cm³/mol. The predicted octanol–water partition coefficient (Wildman–Crippen LogP) is 3.31. The van der Waals surface area contributed by atoms with Crippen LogP contribution in [-0.2, 0) is 0 Å². The third kappa shape index (κ3) is 2.88. The average Bonchev–Trinajstić information content (AvgIpc) is 3.04. The number of aromatic nitrogens is 3. The molecule has 0 aliphatic carbocycles. The number of anilines is 1. The molecule has 0 unspecified atom stereocenters. The molecule has 0 aliphatic rings. The van der Waals surface area contributed by atoms with Crippen molar-refractivity contribution >= 4 is 39.8 Å². The Morgan fingerprint density at radius 3 is 2.95 bits per heavy atom. The Hall–Kier alpha value is -1.63. The molecule has 2 N–H and O–H groups in total. The zero-order valence-electron chi connectivity index (χ0n) is 11.9. The first kappa shape index (κ1) is 14.3. The lowest BCUT2D eigenvalue weighted by atomic mass is 10.2. The normalized spacial score (nSPS) is 11.4. The van der Waals surface area contributed by atoms with Gasteiger partial charge in [0, 0.05) is 24.8 Å².